The van der Waals surface area contributed by atoms with Crippen LogP contribution < -0.4 is 0 Å². The Kier molecular flexibility index (Phi) is 3.92. The van der Waals surface area contributed by atoms with Gasteiger partial charge in [-0.15, -0.1) is 0 Å². The average Bonchev–Trinajstić information content (AvgIpc) is 3.42. The fourth-order valence-corrected chi connectivity index (χ4v) is 2.41. The van der Waals surface area contributed by atoms with Gasteiger partial charge in [0.25, 0.3) is 0 Å². The van der Waals surface area contributed by atoms with Crippen LogP contribution in [0.3, 0.4) is 0 Å². The third-order valence-electron chi connectivity index (χ3n) is 3.68. The molecule has 0 amide bonds. The topological polar surface area (TPSA) is 70.4 Å². The quantitative estimate of drug-likeness (QED) is 0.514. The highest BCUT2D eigenvalue weighted by atomic mass is 16.5. The minimum Gasteiger partial charge on any atom is -0.461 e. The van der Waals surface area contributed by atoms with Gasteiger partial charge in [-0.25, -0.2) is 4.79 Å². The van der Waals surface area contributed by atoms with E-state index in [2.05, 4.69) is 5.16 Å². The number of carbonyl (C=O) groups is 1. The maximum atomic E-state index is 12.1. The summed E-state index contributed by atoms with van der Waals surface area (Å²) in [6.07, 6.45) is 5.43. The number of carbonyl (C=O) groups excluding carboxylic acids is 1. The molecule has 6 nitrogen and oxygen atoms in total. The van der Waals surface area contributed by atoms with Gasteiger partial charge in [0.15, 0.2) is 5.76 Å². The van der Waals surface area contributed by atoms with E-state index in [1.54, 1.807) is 36.6 Å². The summed E-state index contributed by atoms with van der Waals surface area (Å²) in [7, 11) is 0. The molecule has 0 aliphatic rings. The van der Waals surface area contributed by atoms with Crippen molar-refractivity contribution in [3.05, 3.63) is 84.5 Å². The maximum absolute atomic E-state index is 12.1. The molecule has 0 unspecified atom stereocenters. The van der Waals surface area contributed by atoms with Crippen LogP contribution in [0.5, 0.6) is 0 Å². The molecular formula is C19H14N2O4. The van der Waals surface area contributed by atoms with Crippen LogP contribution in [0.4, 0.5) is 0 Å². The van der Waals surface area contributed by atoms with Crippen LogP contribution in [0.2, 0.25) is 0 Å². The minimum atomic E-state index is -0.415. The highest BCUT2D eigenvalue weighted by Gasteiger charge is 2.12. The zero-order valence-corrected chi connectivity index (χ0v) is 13.2. The Bertz CT molecular complexity index is 951. The van der Waals surface area contributed by atoms with Gasteiger partial charge in [0.2, 0.25) is 5.76 Å². The molecule has 3 heterocycles. The van der Waals surface area contributed by atoms with E-state index in [1.807, 2.05) is 41.2 Å². The van der Waals surface area contributed by atoms with Crippen molar-refractivity contribution in [3.63, 3.8) is 0 Å². The predicted octanol–water partition coefficient (Wildman–Crippen LogP) is 4.08. The number of ether oxygens (including phenoxy) is 1. The summed E-state index contributed by atoms with van der Waals surface area (Å²) in [5.41, 5.74) is 1.97. The highest BCUT2D eigenvalue weighted by Crippen LogP contribution is 2.21. The van der Waals surface area contributed by atoms with E-state index in [4.69, 9.17) is 13.7 Å². The first-order valence-electron chi connectivity index (χ1n) is 7.69. The Hall–Kier alpha value is -3.54. The van der Waals surface area contributed by atoms with Crippen LogP contribution in [-0.4, -0.2) is 15.7 Å². The lowest BCUT2D eigenvalue weighted by atomic mass is 10.2. The van der Waals surface area contributed by atoms with Crippen LogP contribution in [0, 0.1) is 0 Å². The van der Waals surface area contributed by atoms with Gasteiger partial charge in [-0.3, -0.25) is 0 Å². The molecular weight excluding hydrogens is 320 g/mol. The van der Waals surface area contributed by atoms with Crippen molar-refractivity contribution in [2.24, 2.45) is 0 Å². The van der Waals surface area contributed by atoms with Gasteiger partial charge in [-0.2, -0.15) is 0 Å². The van der Waals surface area contributed by atoms with Gasteiger partial charge in [0.1, 0.15) is 12.3 Å². The van der Waals surface area contributed by atoms with Crippen LogP contribution in [0.1, 0.15) is 16.1 Å². The first kappa shape index (κ1) is 15.0. The Labute approximate surface area is 143 Å². The smallest absolute Gasteiger partial charge is 0.338 e. The standard InChI is InChI=1S/C19H14N2O4/c22-19(14-5-7-16(8-6-14)21-9-1-2-10-21)24-13-15-12-18(25-20-15)17-4-3-11-23-17/h1-12H,13H2. The fourth-order valence-electron chi connectivity index (χ4n) is 2.41. The molecule has 25 heavy (non-hydrogen) atoms. The number of esters is 1. The zero-order valence-electron chi connectivity index (χ0n) is 13.2. The zero-order chi connectivity index (χ0) is 17.1. The third-order valence-corrected chi connectivity index (χ3v) is 3.68. The molecule has 0 N–H and O–H groups in total. The number of aromatic nitrogens is 2. The van der Waals surface area contributed by atoms with Crippen molar-refractivity contribution in [2.75, 3.05) is 0 Å². The molecule has 0 saturated heterocycles. The van der Waals surface area contributed by atoms with Crippen molar-refractivity contribution in [1.82, 2.24) is 9.72 Å². The van der Waals surface area contributed by atoms with Crippen LogP contribution in [0.25, 0.3) is 17.2 Å². The van der Waals surface area contributed by atoms with Gasteiger partial charge in [-0.05, 0) is 48.5 Å². The molecule has 0 spiro atoms. The maximum Gasteiger partial charge on any atom is 0.338 e. The third kappa shape index (κ3) is 3.23. The van der Waals surface area contributed by atoms with E-state index in [-0.39, 0.29) is 6.61 Å². The molecule has 0 aliphatic heterocycles. The molecule has 6 heteroatoms. The van der Waals surface area contributed by atoms with Crippen LogP contribution in [0.15, 0.2) is 82.2 Å². The molecule has 1 aromatic carbocycles. The van der Waals surface area contributed by atoms with Crippen LogP contribution in [-0.2, 0) is 11.3 Å². The Morgan fingerprint density at radius 2 is 1.84 bits per heavy atom. The Balaban J connectivity index is 1.39. The van der Waals surface area contributed by atoms with Crippen molar-refractivity contribution in [2.45, 2.75) is 6.61 Å². The SMILES string of the molecule is O=C(OCc1cc(-c2ccco2)on1)c1ccc(-n2cccc2)cc1. The summed E-state index contributed by atoms with van der Waals surface area (Å²) in [6, 6.07) is 16.3. The number of hydrogen-bond acceptors (Lipinski definition) is 5. The summed E-state index contributed by atoms with van der Waals surface area (Å²) in [4.78, 5) is 12.1. The van der Waals surface area contributed by atoms with Gasteiger partial charge < -0.3 is 18.2 Å². The molecule has 4 rings (SSSR count). The summed E-state index contributed by atoms with van der Waals surface area (Å²) in [5.74, 6) is 0.652. The van der Waals surface area contributed by atoms with Gasteiger partial charge in [0.05, 0.1) is 11.8 Å². The molecule has 0 fully saturated rings. The lowest BCUT2D eigenvalue weighted by Gasteiger charge is -2.05. The number of rotatable bonds is 5. The second-order valence-corrected chi connectivity index (χ2v) is 5.37. The molecule has 0 saturated carbocycles. The first-order valence-corrected chi connectivity index (χ1v) is 7.69. The summed E-state index contributed by atoms with van der Waals surface area (Å²) < 4.78 is 17.6. The van der Waals surface area contributed by atoms with E-state index in [0.717, 1.165) is 5.69 Å². The molecule has 4 aromatic rings. The Morgan fingerprint density at radius 3 is 2.56 bits per heavy atom. The summed E-state index contributed by atoms with van der Waals surface area (Å²) in [5, 5.41) is 3.87. The van der Waals surface area contributed by atoms with E-state index >= 15 is 0 Å². The summed E-state index contributed by atoms with van der Waals surface area (Å²) >= 11 is 0. The molecule has 0 radical (unpaired) electrons. The monoisotopic (exact) mass is 334 g/mol. The largest absolute Gasteiger partial charge is 0.461 e. The van der Waals surface area contributed by atoms with Crippen LogP contribution >= 0.6 is 0 Å². The molecule has 3 aromatic heterocycles. The molecule has 0 atom stereocenters. The first-order chi connectivity index (χ1) is 12.3. The molecule has 0 bridgehead atoms. The molecule has 0 aliphatic carbocycles. The van der Waals surface area contributed by atoms with Crippen molar-refractivity contribution in [3.8, 4) is 17.2 Å². The van der Waals surface area contributed by atoms with Crippen molar-refractivity contribution >= 4 is 5.97 Å². The highest BCUT2D eigenvalue weighted by molar-refractivity contribution is 5.89. The molecule has 124 valence electrons. The fraction of sp³-hybridized carbons (Fsp3) is 0.0526. The average molecular weight is 334 g/mol. The number of furan rings is 1. The predicted molar refractivity (Wildman–Crippen MR) is 89.1 cm³/mol. The minimum absolute atomic E-state index is 0.0302. The number of benzene rings is 1. The second kappa shape index (κ2) is 6.52. The number of nitrogens with zero attached hydrogens (tertiary/aromatic N) is 2. The summed E-state index contributed by atoms with van der Waals surface area (Å²) in [6.45, 7) is 0.0302. The lowest BCUT2D eigenvalue weighted by molar-refractivity contribution is 0.0464. The van der Waals surface area contributed by atoms with Gasteiger partial charge in [-0.1, -0.05) is 5.16 Å². The van der Waals surface area contributed by atoms with E-state index in [9.17, 15) is 4.79 Å². The normalized spacial score (nSPS) is 10.7. The van der Waals surface area contributed by atoms with Gasteiger partial charge >= 0.3 is 5.97 Å². The second-order valence-electron chi connectivity index (χ2n) is 5.37. The van der Waals surface area contributed by atoms with E-state index in [0.29, 0.717) is 22.8 Å². The van der Waals surface area contributed by atoms with Gasteiger partial charge in [0, 0.05) is 24.1 Å². The Morgan fingerprint density at radius 1 is 1.04 bits per heavy atom. The van der Waals surface area contributed by atoms with E-state index in [1.165, 1.54) is 0 Å². The van der Waals surface area contributed by atoms with Crippen molar-refractivity contribution in [1.29, 1.82) is 0 Å². The lowest BCUT2D eigenvalue weighted by Crippen LogP contribution is -2.05. The van der Waals surface area contributed by atoms with Crippen molar-refractivity contribution < 1.29 is 18.5 Å². The number of hydrogen-bond donors (Lipinski definition) is 0. The van der Waals surface area contributed by atoms with E-state index < -0.39 is 5.97 Å².